The van der Waals surface area contributed by atoms with Crippen molar-refractivity contribution in [1.29, 1.82) is 0 Å². The van der Waals surface area contributed by atoms with E-state index in [1.54, 1.807) is 24.3 Å². The predicted octanol–water partition coefficient (Wildman–Crippen LogP) is 6.25. The Hall–Kier alpha value is -1.79. The molecular formula is C24H37NO4S. The van der Waals surface area contributed by atoms with Gasteiger partial charge in [-0.3, -0.25) is 4.90 Å². The Labute approximate surface area is 182 Å². The summed E-state index contributed by atoms with van der Waals surface area (Å²) in [6, 6.07) is 8.28. The maximum atomic E-state index is 13.0. The molecular weight excluding hydrogens is 398 g/mol. The first-order valence-electron chi connectivity index (χ1n) is 11.2. The molecule has 2 rings (SSSR count). The van der Waals surface area contributed by atoms with Crippen LogP contribution in [0.15, 0.2) is 50.8 Å². The molecule has 0 aliphatic rings. The predicted molar refractivity (Wildman–Crippen MR) is 121 cm³/mol. The summed E-state index contributed by atoms with van der Waals surface area (Å²) in [4.78, 5) is 2.89. The van der Waals surface area contributed by atoms with Gasteiger partial charge in [-0.15, -0.1) is 0 Å². The molecule has 1 atom stereocenters. The number of unbranched alkanes of at least 4 members (excludes halogenated alkanes) is 2. The van der Waals surface area contributed by atoms with Crippen LogP contribution >= 0.6 is 0 Å². The summed E-state index contributed by atoms with van der Waals surface area (Å²) in [5.74, 6) is 1.17. The van der Waals surface area contributed by atoms with E-state index in [1.807, 2.05) is 13.8 Å². The van der Waals surface area contributed by atoms with Gasteiger partial charge in [0.2, 0.25) is 9.84 Å². The largest absolute Gasteiger partial charge is 0.475 e. The van der Waals surface area contributed by atoms with Gasteiger partial charge in [0.15, 0.2) is 6.23 Å². The van der Waals surface area contributed by atoms with Gasteiger partial charge in [0.1, 0.15) is 16.4 Å². The third-order valence-corrected chi connectivity index (χ3v) is 7.04. The highest BCUT2D eigenvalue weighted by atomic mass is 32.2. The van der Waals surface area contributed by atoms with Crippen molar-refractivity contribution in [1.82, 2.24) is 4.90 Å². The molecule has 1 aromatic carbocycles. The first kappa shape index (κ1) is 24.5. The van der Waals surface area contributed by atoms with Crippen LogP contribution in [0, 0.1) is 0 Å². The van der Waals surface area contributed by atoms with Crippen LogP contribution < -0.4 is 4.74 Å². The van der Waals surface area contributed by atoms with E-state index in [4.69, 9.17) is 9.15 Å². The number of ether oxygens (including phenoxy) is 1. The van der Waals surface area contributed by atoms with Crippen LogP contribution in [0.3, 0.4) is 0 Å². The van der Waals surface area contributed by atoms with Crippen LogP contribution in [-0.2, 0) is 9.84 Å². The van der Waals surface area contributed by atoms with E-state index in [1.165, 1.54) is 12.3 Å². The zero-order valence-corrected chi connectivity index (χ0v) is 19.9. The number of hydrogen-bond donors (Lipinski definition) is 0. The van der Waals surface area contributed by atoms with Crippen molar-refractivity contribution < 1.29 is 17.6 Å². The molecule has 0 bridgehead atoms. The van der Waals surface area contributed by atoms with E-state index >= 15 is 0 Å². The van der Waals surface area contributed by atoms with Crippen molar-refractivity contribution in [2.75, 3.05) is 13.1 Å². The van der Waals surface area contributed by atoms with Crippen LogP contribution in [0.25, 0.3) is 0 Å². The van der Waals surface area contributed by atoms with Gasteiger partial charge in [-0.05, 0) is 49.6 Å². The van der Waals surface area contributed by atoms with Gasteiger partial charge in [0.05, 0.1) is 11.2 Å². The number of rotatable bonds is 13. The summed E-state index contributed by atoms with van der Waals surface area (Å²) in [5, 5.41) is 0. The van der Waals surface area contributed by atoms with Crippen molar-refractivity contribution in [3.8, 4) is 5.75 Å². The van der Waals surface area contributed by atoms with E-state index < -0.39 is 9.84 Å². The molecule has 0 spiro atoms. The highest BCUT2D eigenvalue weighted by Gasteiger charge is 2.25. The molecule has 0 aliphatic heterocycles. The lowest BCUT2D eigenvalue weighted by molar-refractivity contribution is 0.0202. The molecule has 6 heteroatoms. The van der Waals surface area contributed by atoms with Crippen molar-refractivity contribution >= 4 is 9.84 Å². The first-order chi connectivity index (χ1) is 14.3. The summed E-state index contributed by atoms with van der Waals surface area (Å²) in [7, 11) is -3.62. The smallest absolute Gasteiger partial charge is 0.210 e. The minimum atomic E-state index is -3.62. The summed E-state index contributed by atoms with van der Waals surface area (Å²) < 4.78 is 37.7. The Kier molecular flexibility index (Phi) is 9.43. The Balaban J connectivity index is 2.18. The van der Waals surface area contributed by atoms with E-state index in [0.717, 1.165) is 45.2 Å². The molecule has 0 amide bonds. The molecule has 0 radical (unpaired) electrons. The minimum absolute atomic E-state index is 0.00471. The lowest BCUT2D eigenvalue weighted by Crippen LogP contribution is -2.40. The fourth-order valence-electron chi connectivity index (χ4n) is 3.47. The van der Waals surface area contributed by atoms with Crippen molar-refractivity contribution in [2.24, 2.45) is 0 Å². The molecule has 1 heterocycles. The van der Waals surface area contributed by atoms with Gasteiger partial charge in [0, 0.05) is 19.0 Å². The highest BCUT2D eigenvalue weighted by molar-refractivity contribution is 7.91. The number of nitrogens with zero attached hydrogens (tertiary/aromatic N) is 1. The number of benzene rings is 1. The molecule has 0 saturated carbocycles. The van der Waals surface area contributed by atoms with Gasteiger partial charge in [-0.1, -0.05) is 47.5 Å². The zero-order chi connectivity index (χ0) is 22.1. The quantitative estimate of drug-likeness (QED) is 0.348. The summed E-state index contributed by atoms with van der Waals surface area (Å²) in [6.07, 6.45) is 6.89. The lowest BCUT2D eigenvalue weighted by atomic mass is 10.2. The standard InChI is InChI=1S/C24H37NO4S/c1-6-9-16-25(17-10-7-2)23(8-3)29-20-11-13-21(14-12-20)30(26,27)22-15-18-28-24(22)19(4)5/h11-15,18-19,23H,6-10,16-17H2,1-5H3. The summed E-state index contributed by atoms with van der Waals surface area (Å²) >= 11 is 0. The molecule has 0 saturated heterocycles. The summed E-state index contributed by atoms with van der Waals surface area (Å²) in [6.45, 7) is 12.4. The van der Waals surface area contributed by atoms with Gasteiger partial charge in [-0.25, -0.2) is 8.42 Å². The van der Waals surface area contributed by atoms with Crippen molar-refractivity contribution in [3.63, 3.8) is 0 Å². The topological polar surface area (TPSA) is 59.8 Å². The van der Waals surface area contributed by atoms with Crippen molar-refractivity contribution in [2.45, 2.75) is 88.7 Å². The minimum Gasteiger partial charge on any atom is -0.475 e. The third kappa shape index (κ3) is 6.11. The molecule has 1 unspecified atom stereocenters. The molecule has 0 fully saturated rings. The average Bonchev–Trinajstić information content (AvgIpc) is 3.24. The third-order valence-electron chi connectivity index (χ3n) is 5.23. The maximum Gasteiger partial charge on any atom is 0.210 e. The monoisotopic (exact) mass is 435 g/mol. The second-order valence-electron chi connectivity index (χ2n) is 8.00. The lowest BCUT2D eigenvalue weighted by Gasteiger charge is -2.31. The van der Waals surface area contributed by atoms with Crippen LogP contribution in [0.2, 0.25) is 0 Å². The van der Waals surface area contributed by atoms with E-state index in [0.29, 0.717) is 11.5 Å². The molecule has 30 heavy (non-hydrogen) atoms. The van der Waals surface area contributed by atoms with Crippen LogP contribution in [-0.4, -0.2) is 32.6 Å². The Bertz CT molecular complexity index is 848. The normalized spacial score (nSPS) is 13.2. The molecule has 5 nitrogen and oxygen atoms in total. The Morgan fingerprint density at radius 3 is 2.07 bits per heavy atom. The maximum absolute atomic E-state index is 13.0. The van der Waals surface area contributed by atoms with Gasteiger partial charge in [-0.2, -0.15) is 0 Å². The molecule has 1 aromatic heterocycles. The average molecular weight is 436 g/mol. The fourth-order valence-corrected chi connectivity index (χ4v) is 5.00. The van der Waals surface area contributed by atoms with Crippen LogP contribution in [0.4, 0.5) is 0 Å². The van der Waals surface area contributed by atoms with Gasteiger partial charge in [0.25, 0.3) is 0 Å². The molecule has 168 valence electrons. The van der Waals surface area contributed by atoms with E-state index in [-0.39, 0.29) is 21.9 Å². The SMILES string of the molecule is CCCCN(CCCC)C(CC)Oc1ccc(S(=O)(=O)c2ccoc2C(C)C)cc1. The van der Waals surface area contributed by atoms with Crippen molar-refractivity contribution in [3.05, 3.63) is 42.4 Å². The highest BCUT2D eigenvalue weighted by Crippen LogP contribution is 2.30. The molecule has 2 aromatic rings. The van der Waals surface area contributed by atoms with E-state index in [2.05, 4.69) is 25.7 Å². The molecule has 0 N–H and O–H groups in total. The fraction of sp³-hybridized carbons (Fsp3) is 0.583. The zero-order valence-electron chi connectivity index (χ0n) is 19.1. The number of hydrogen-bond acceptors (Lipinski definition) is 5. The number of sulfone groups is 1. The summed E-state index contributed by atoms with van der Waals surface area (Å²) in [5.41, 5.74) is 0. The molecule has 0 aliphatic carbocycles. The van der Waals surface area contributed by atoms with Gasteiger partial charge >= 0.3 is 0 Å². The number of furan rings is 1. The second-order valence-corrected chi connectivity index (χ2v) is 9.92. The van der Waals surface area contributed by atoms with E-state index in [9.17, 15) is 8.42 Å². The van der Waals surface area contributed by atoms with Crippen LogP contribution in [0.5, 0.6) is 5.75 Å². The Morgan fingerprint density at radius 2 is 1.57 bits per heavy atom. The first-order valence-corrected chi connectivity index (χ1v) is 12.7. The van der Waals surface area contributed by atoms with Gasteiger partial charge < -0.3 is 9.15 Å². The Morgan fingerprint density at radius 1 is 0.967 bits per heavy atom. The second kappa shape index (κ2) is 11.6. The van der Waals surface area contributed by atoms with Crippen LogP contribution in [0.1, 0.15) is 78.4 Å².